The lowest BCUT2D eigenvalue weighted by atomic mass is 10.1. The van der Waals surface area contributed by atoms with Gasteiger partial charge in [-0.15, -0.1) is 0 Å². The highest BCUT2D eigenvalue weighted by Gasteiger charge is 2.28. The highest BCUT2D eigenvalue weighted by molar-refractivity contribution is 6.14. The van der Waals surface area contributed by atoms with E-state index in [1.807, 2.05) is 0 Å². The Morgan fingerprint density at radius 3 is 2.66 bits per heavy atom. The summed E-state index contributed by atoms with van der Waals surface area (Å²) in [5, 5.41) is 0. The molecule has 0 spiro atoms. The van der Waals surface area contributed by atoms with Crippen LogP contribution in [0.1, 0.15) is 26.3 Å². The van der Waals surface area contributed by atoms with E-state index >= 15 is 0 Å². The lowest BCUT2D eigenvalue weighted by Gasteiger charge is -2.08. The zero-order valence-electron chi connectivity index (χ0n) is 15.3. The molecule has 0 N–H and O–H groups in total. The van der Waals surface area contributed by atoms with Crippen LogP contribution in [0.5, 0.6) is 17.2 Å². The molecule has 0 bridgehead atoms. The first-order valence-corrected chi connectivity index (χ1v) is 8.74. The largest absolute Gasteiger partial charge is 0.496 e. The van der Waals surface area contributed by atoms with Gasteiger partial charge in [0.1, 0.15) is 28.6 Å². The Morgan fingerprint density at radius 2 is 1.86 bits per heavy atom. The third kappa shape index (κ3) is 3.73. The highest BCUT2D eigenvalue weighted by Crippen LogP contribution is 2.35. The van der Waals surface area contributed by atoms with Crippen molar-refractivity contribution in [2.45, 2.75) is 0 Å². The maximum absolute atomic E-state index is 13.4. The minimum absolute atomic E-state index is 0.0683. The predicted octanol–water partition coefficient (Wildman–Crippen LogP) is 4.67. The summed E-state index contributed by atoms with van der Waals surface area (Å²) < 4.78 is 29.5. The first-order chi connectivity index (χ1) is 14.0. The maximum Gasteiger partial charge on any atom is 0.347 e. The van der Waals surface area contributed by atoms with Crippen molar-refractivity contribution in [3.8, 4) is 17.2 Å². The maximum atomic E-state index is 13.4. The molecule has 0 saturated heterocycles. The van der Waals surface area contributed by atoms with Crippen LogP contribution >= 0.6 is 0 Å². The molecule has 0 aliphatic carbocycles. The van der Waals surface area contributed by atoms with Crippen LogP contribution in [0.25, 0.3) is 6.08 Å². The van der Waals surface area contributed by atoms with Crippen molar-refractivity contribution in [2.75, 3.05) is 7.11 Å². The Kier molecular flexibility index (Phi) is 4.83. The van der Waals surface area contributed by atoms with Crippen molar-refractivity contribution in [3.63, 3.8) is 0 Å². The number of hydrogen-bond donors (Lipinski definition) is 0. The van der Waals surface area contributed by atoms with Gasteiger partial charge in [-0.05, 0) is 48.0 Å². The number of hydrogen-bond acceptors (Lipinski definition) is 5. The second-order valence-electron chi connectivity index (χ2n) is 6.24. The van der Waals surface area contributed by atoms with Gasteiger partial charge in [-0.2, -0.15) is 0 Å². The quantitative estimate of drug-likeness (QED) is 0.368. The van der Waals surface area contributed by atoms with Crippen molar-refractivity contribution >= 4 is 17.8 Å². The van der Waals surface area contributed by atoms with Crippen LogP contribution < -0.4 is 14.2 Å². The SMILES string of the molecule is COc1ccccc1C(=O)Oc1ccc2c(c1)O/C(=C\c1cccc(F)c1)C2=O. The summed E-state index contributed by atoms with van der Waals surface area (Å²) in [7, 11) is 1.47. The fraction of sp³-hybridized carbons (Fsp3) is 0.0435. The van der Waals surface area contributed by atoms with Crippen LogP contribution in [0.15, 0.2) is 72.5 Å². The van der Waals surface area contributed by atoms with Crippen LogP contribution in [-0.4, -0.2) is 18.9 Å². The van der Waals surface area contributed by atoms with Gasteiger partial charge in [0, 0.05) is 6.07 Å². The van der Waals surface area contributed by atoms with Gasteiger partial charge in [-0.3, -0.25) is 4.79 Å². The van der Waals surface area contributed by atoms with Gasteiger partial charge >= 0.3 is 5.97 Å². The number of carbonyl (C=O) groups excluding carboxylic acids is 2. The van der Waals surface area contributed by atoms with Crippen molar-refractivity contribution in [1.82, 2.24) is 0 Å². The summed E-state index contributed by atoms with van der Waals surface area (Å²) in [6.45, 7) is 0. The molecule has 1 aliphatic heterocycles. The lowest BCUT2D eigenvalue weighted by molar-refractivity contribution is 0.0731. The van der Waals surface area contributed by atoms with Crippen LogP contribution in [0.3, 0.4) is 0 Å². The Labute approximate surface area is 166 Å². The Bertz CT molecular complexity index is 1150. The fourth-order valence-corrected chi connectivity index (χ4v) is 2.95. The second-order valence-corrected chi connectivity index (χ2v) is 6.24. The van der Waals surface area contributed by atoms with Crippen molar-refractivity contribution in [3.05, 3.63) is 95.0 Å². The average molecular weight is 390 g/mol. The van der Waals surface area contributed by atoms with Crippen LogP contribution in [0.4, 0.5) is 4.39 Å². The molecule has 0 unspecified atom stereocenters. The molecular weight excluding hydrogens is 375 g/mol. The summed E-state index contributed by atoms with van der Waals surface area (Å²) in [5.41, 5.74) is 1.12. The first-order valence-electron chi connectivity index (χ1n) is 8.74. The van der Waals surface area contributed by atoms with E-state index in [1.54, 1.807) is 36.4 Å². The van der Waals surface area contributed by atoms with Gasteiger partial charge in [-0.1, -0.05) is 24.3 Å². The van der Waals surface area contributed by atoms with Gasteiger partial charge < -0.3 is 14.2 Å². The molecule has 0 saturated carbocycles. The van der Waals surface area contributed by atoms with E-state index in [2.05, 4.69) is 0 Å². The number of methoxy groups -OCH3 is 1. The number of ketones is 1. The summed E-state index contributed by atoms with van der Waals surface area (Å²) in [4.78, 5) is 25.0. The number of benzene rings is 3. The highest BCUT2D eigenvalue weighted by atomic mass is 19.1. The molecule has 3 aromatic rings. The minimum atomic E-state index is -0.595. The molecule has 144 valence electrons. The molecule has 3 aromatic carbocycles. The molecule has 6 heteroatoms. The van der Waals surface area contributed by atoms with Crippen molar-refractivity contribution < 1.29 is 28.2 Å². The Hall–Kier alpha value is -3.93. The Morgan fingerprint density at radius 1 is 1.03 bits per heavy atom. The smallest absolute Gasteiger partial charge is 0.347 e. The number of Topliss-reactive ketones (excluding diaryl/α,β-unsaturated/α-hetero) is 1. The van der Waals surface area contributed by atoms with E-state index in [0.29, 0.717) is 16.9 Å². The minimum Gasteiger partial charge on any atom is -0.496 e. The summed E-state index contributed by atoms with van der Waals surface area (Å²) >= 11 is 0. The number of halogens is 1. The normalized spacial score (nSPS) is 13.7. The summed E-state index contributed by atoms with van der Waals surface area (Å²) in [6.07, 6.45) is 1.46. The molecule has 1 aliphatic rings. The molecule has 0 radical (unpaired) electrons. The second kappa shape index (κ2) is 7.59. The molecule has 4 rings (SSSR count). The number of esters is 1. The van der Waals surface area contributed by atoms with Gasteiger partial charge in [0.15, 0.2) is 5.76 Å². The lowest BCUT2D eigenvalue weighted by Crippen LogP contribution is -2.10. The molecule has 5 nitrogen and oxygen atoms in total. The number of ether oxygens (including phenoxy) is 3. The van der Waals surface area contributed by atoms with Gasteiger partial charge in [0.25, 0.3) is 0 Å². The van der Waals surface area contributed by atoms with E-state index in [4.69, 9.17) is 14.2 Å². The molecular formula is C23H15FO5. The predicted molar refractivity (Wildman–Crippen MR) is 104 cm³/mol. The Balaban J connectivity index is 1.57. The van der Waals surface area contributed by atoms with E-state index in [-0.39, 0.29) is 28.6 Å². The van der Waals surface area contributed by atoms with E-state index in [1.165, 1.54) is 43.5 Å². The van der Waals surface area contributed by atoms with E-state index < -0.39 is 11.8 Å². The molecule has 0 atom stereocenters. The summed E-state index contributed by atoms with van der Waals surface area (Å²) in [5.74, 6) is -0.381. The molecule has 0 fully saturated rings. The molecule has 0 aromatic heterocycles. The fourth-order valence-electron chi connectivity index (χ4n) is 2.95. The zero-order valence-corrected chi connectivity index (χ0v) is 15.3. The standard InChI is InChI=1S/C23H15FO5/c1-27-19-8-3-2-7-18(19)23(26)28-16-9-10-17-20(13-16)29-21(22(17)25)12-14-5-4-6-15(24)11-14/h2-13H,1H3/b21-12-. The summed E-state index contributed by atoms with van der Waals surface area (Å²) in [6, 6.07) is 17.0. The third-order valence-corrected chi connectivity index (χ3v) is 4.33. The topological polar surface area (TPSA) is 61.8 Å². The van der Waals surface area contributed by atoms with Crippen molar-refractivity contribution in [2.24, 2.45) is 0 Å². The van der Waals surface area contributed by atoms with Crippen LogP contribution in [0, 0.1) is 5.82 Å². The number of rotatable bonds is 4. The number of fused-ring (bicyclic) bond motifs is 1. The molecule has 0 amide bonds. The van der Waals surface area contributed by atoms with Crippen LogP contribution in [0.2, 0.25) is 0 Å². The van der Waals surface area contributed by atoms with Crippen molar-refractivity contribution in [1.29, 1.82) is 0 Å². The van der Waals surface area contributed by atoms with Gasteiger partial charge in [-0.25, -0.2) is 9.18 Å². The number of carbonyl (C=O) groups is 2. The monoisotopic (exact) mass is 390 g/mol. The van der Waals surface area contributed by atoms with E-state index in [9.17, 15) is 14.0 Å². The molecule has 1 heterocycles. The van der Waals surface area contributed by atoms with Gasteiger partial charge in [0.05, 0.1) is 12.7 Å². The van der Waals surface area contributed by atoms with Crippen LogP contribution in [-0.2, 0) is 0 Å². The zero-order chi connectivity index (χ0) is 20.4. The molecule has 29 heavy (non-hydrogen) atoms. The van der Waals surface area contributed by atoms with Gasteiger partial charge in [0.2, 0.25) is 5.78 Å². The number of para-hydroxylation sites is 1. The first kappa shape index (κ1) is 18.4. The third-order valence-electron chi connectivity index (χ3n) is 4.33. The van der Waals surface area contributed by atoms with E-state index in [0.717, 1.165) is 0 Å². The number of allylic oxidation sites excluding steroid dienone is 1. The average Bonchev–Trinajstić information content (AvgIpc) is 3.02.